The van der Waals surface area contributed by atoms with Crippen LogP contribution in [0.15, 0.2) is 6.07 Å². The molecule has 1 fully saturated rings. The van der Waals surface area contributed by atoms with E-state index < -0.39 is 0 Å². The standard InChI is InChI=1S/C14H17N3O2/c15-7-11-6-10-2-1-3-13(10)17-14(11)16-8-12-9-18-4-5-19-12/h6,12H,1-5,8-9H2,(H,16,17). The van der Waals surface area contributed by atoms with Crippen LogP contribution in [0.3, 0.4) is 0 Å². The molecule has 1 aliphatic carbocycles. The molecule has 1 aliphatic heterocycles. The number of nitriles is 1. The van der Waals surface area contributed by atoms with Crippen LogP contribution >= 0.6 is 0 Å². The highest BCUT2D eigenvalue weighted by Crippen LogP contribution is 2.24. The van der Waals surface area contributed by atoms with Gasteiger partial charge in [0.1, 0.15) is 11.9 Å². The first-order valence-corrected chi connectivity index (χ1v) is 6.73. The van der Waals surface area contributed by atoms with Crippen molar-refractivity contribution in [1.82, 2.24) is 4.98 Å². The molecule has 1 N–H and O–H groups in total. The SMILES string of the molecule is N#Cc1cc2c(nc1NCC1COCCO1)CCC2. The highest BCUT2D eigenvalue weighted by molar-refractivity contribution is 5.55. The fourth-order valence-electron chi connectivity index (χ4n) is 2.56. The first kappa shape index (κ1) is 12.4. The topological polar surface area (TPSA) is 67.2 Å². The largest absolute Gasteiger partial charge is 0.376 e. The molecule has 2 heterocycles. The van der Waals surface area contributed by atoms with Crippen molar-refractivity contribution in [3.8, 4) is 6.07 Å². The van der Waals surface area contributed by atoms with E-state index in [2.05, 4.69) is 16.4 Å². The predicted octanol–water partition coefficient (Wildman–Crippen LogP) is 1.27. The minimum atomic E-state index is 0.0374. The summed E-state index contributed by atoms with van der Waals surface area (Å²) < 4.78 is 10.9. The van der Waals surface area contributed by atoms with E-state index in [4.69, 9.17) is 9.47 Å². The Hall–Kier alpha value is -1.64. The van der Waals surface area contributed by atoms with E-state index in [1.165, 1.54) is 5.56 Å². The summed E-state index contributed by atoms with van der Waals surface area (Å²) in [5, 5.41) is 12.4. The van der Waals surface area contributed by atoms with Gasteiger partial charge in [-0.25, -0.2) is 4.98 Å². The molecule has 1 aromatic rings. The van der Waals surface area contributed by atoms with E-state index in [-0.39, 0.29) is 6.10 Å². The molecule has 19 heavy (non-hydrogen) atoms. The second kappa shape index (κ2) is 5.55. The Balaban J connectivity index is 1.71. The first-order chi connectivity index (χ1) is 9.36. The molecule has 2 aliphatic rings. The zero-order valence-electron chi connectivity index (χ0n) is 10.8. The minimum absolute atomic E-state index is 0.0374. The molecule has 0 radical (unpaired) electrons. The maximum absolute atomic E-state index is 9.20. The Labute approximate surface area is 112 Å². The zero-order chi connectivity index (χ0) is 13.1. The fraction of sp³-hybridized carbons (Fsp3) is 0.571. The van der Waals surface area contributed by atoms with Crippen molar-refractivity contribution in [1.29, 1.82) is 5.26 Å². The van der Waals surface area contributed by atoms with Crippen LogP contribution in [-0.4, -0.2) is 37.5 Å². The number of nitrogens with one attached hydrogen (secondary N) is 1. The molecule has 5 heteroatoms. The third-order valence-corrected chi connectivity index (χ3v) is 3.55. The number of anilines is 1. The smallest absolute Gasteiger partial charge is 0.144 e. The van der Waals surface area contributed by atoms with E-state index in [1.807, 2.05) is 6.07 Å². The Kier molecular flexibility index (Phi) is 3.62. The summed E-state index contributed by atoms with van der Waals surface area (Å²) in [4.78, 5) is 4.58. The van der Waals surface area contributed by atoms with Crippen LogP contribution in [0.2, 0.25) is 0 Å². The average Bonchev–Trinajstić information content (AvgIpc) is 2.92. The first-order valence-electron chi connectivity index (χ1n) is 6.73. The summed E-state index contributed by atoms with van der Waals surface area (Å²) in [5.74, 6) is 0.678. The zero-order valence-corrected chi connectivity index (χ0v) is 10.8. The van der Waals surface area contributed by atoms with Crippen LogP contribution < -0.4 is 5.32 Å². The molecule has 0 amide bonds. The lowest BCUT2D eigenvalue weighted by Crippen LogP contribution is -2.34. The van der Waals surface area contributed by atoms with Gasteiger partial charge in [-0.1, -0.05) is 0 Å². The van der Waals surface area contributed by atoms with Crippen LogP contribution in [0.4, 0.5) is 5.82 Å². The van der Waals surface area contributed by atoms with Gasteiger partial charge in [-0.3, -0.25) is 0 Å². The summed E-state index contributed by atoms with van der Waals surface area (Å²) in [7, 11) is 0. The number of aromatic nitrogens is 1. The van der Waals surface area contributed by atoms with Crippen molar-refractivity contribution in [2.75, 3.05) is 31.7 Å². The van der Waals surface area contributed by atoms with E-state index in [1.54, 1.807) is 0 Å². The molecule has 1 unspecified atom stereocenters. The quantitative estimate of drug-likeness (QED) is 0.885. The monoisotopic (exact) mass is 259 g/mol. The van der Waals surface area contributed by atoms with E-state index in [0.29, 0.717) is 37.7 Å². The predicted molar refractivity (Wildman–Crippen MR) is 70.0 cm³/mol. The molecule has 1 aromatic heterocycles. The van der Waals surface area contributed by atoms with Gasteiger partial charge in [0.25, 0.3) is 0 Å². The summed E-state index contributed by atoms with van der Waals surface area (Å²) in [5.41, 5.74) is 2.97. The van der Waals surface area contributed by atoms with Crippen molar-refractivity contribution in [2.45, 2.75) is 25.4 Å². The lowest BCUT2D eigenvalue weighted by atomic mass is 10.1. The lowest BCUT2D eigenvalue weighted by molar-refractivity contribution is -0.0819. The number of pyridine rings is 1. The van der Waals surface area contributed by atoms with Crippen molar-refractivity contribution in [3.05, 3.63) is 22.9 Å². The second-order valence-electron chi connectivity index (χ2n) is 4.90. The van der Waals surface area contributed by atoms with Gasteiger partial charge in [0.15, 0.2) is 0 Å². The molecule has 5 nitrogen and oxygen atoms in total. The third kappa shape index (κ3) is 2.70. The Morgan fingerprint density at radius 2 is 2.37 bits per heavy atom. The molecule has 3 rings (SSSR count). The fourth-order valence-corrected chi connectivity index (χ4v) is 2.56. The van der Waals surface area contributed by atoms with Crippen LogP contribution in [0.25, 0.3) is 0 Å². The van der Waals surface area contributed by atoms with Gasteiger partial charge >= 0.3 is 0 Å². The van der Waals surface area contributed by atoms with Crippen molar-refractivity contribution < 1.29 is 9.47 Å². The highest BCUT2D eigenvalue weighted by Gasteiger charge is 2.18. The molecular formula is C14H17N3O2. The average molecular weight is 259 g/mol. The van der Waals surface area contributed by atoms with Gasteiger partial charge in [-0.05, 0) is 30.9 Å². The van der Waals surface area contributed by atoms with E-state index >= 15 is 0 Å². The molecule has 1 saturated heterocycles. The highest BCUT2D eigenvalue weighted by atomic mass is 16.6. The number of aryl methyl sites for hydroxylation is 2. The molecule has 0 bridgehead atoms. The van der Waals surface area contributed by atoms with Gasteiger partial charge in [-0.2, -0.15) is 5.26 Å². The van der Waals surface area contributed by atoms with Crippen LogP contribution in [0.5, 0.6) is 0 Å². The summed E-state index contributed by atoms with van der Waals surface area (Å²) in [6, 6.07) is 4.18. The van der Waals surface area contributed by atoms with Crippen LogP contribution in [-0.2, 0) is 22.3 Å². The second-order valence-corrected chi connectivity index (χ2v) is 4.90. The number of ether oxygens (including phenoxy) is 2. The van der Waals surface area contributed by atoms with Crippen molar-refractivity contribution in [3.63, 3.8) is 0 Å². The van der Waals surface area contributed by atoms with Gasteiger partial charge in [0.05, 0.1) is 31.5 Å². The molecule has 1 atom stereocenters. The van der Waals surface area contributed by atoms with Gasteiger partial charge in [-0.15, -0.1) is 0 Å². The maximum atomic E-state index is 9.20. The Morgan fingerprint density at radius 3 is 3.16 bits per heavy atom. The van der Waals surface area contributed by atoms with E-state index in [0.717, 1.165) is 25.0 Å². The normalized spacial score (nSPS) is 21.7. The third-order valence-electron chi connectivity index (χ3n) is 3.55. The number of hydrogen-bond acceptors (Lipinski definition) is 5. The van der Waals surface area contributed by atoms with Crippen LogP contribution in [0.1, 0.15) is 23.2 Å². The lowest BCUT2D eigenvalue weighted by Gasteiger charge is -2.23. The minimum Gasteiger partial charge on any atom is -0.376 e. The van der Waals surface area contributed by atoms with E-state index in [9.17, 15) is 5.26 Å². The molecule has 0 aromatic carbocycles. The molecule has 0 spiro atoms. The Bertz CT molecular complexity index is 504. The number of fused-ring (bicyclic) bond motifs is 1. The van der Waals surface area contributed by atoms with Gasteiger partial charge in [0.2, 0.25) is 0 Å². The van der Waals surface area contributed by atoms with Crippen LogP contribution in [0, 0.1) is 11.3 Å². The summed E-state index contributed by atoms with van der Waals surface area (Å²) in [6.45, 7) is 2.52. The molecular weight excluding hydrogens is 242 g/mol. The van der Waals surface area contributed by atoms with Gasteiger partial charge in [0, 0.05) is 12.2 Å². The molecule has 100 valence electrons. The van der Waals surface area contributed by atoms with Gasteiger partial charge < -0.3 is 14.8 Å². The molecule has 0 saturated carbocycles. The number of nitrogens with zero attached hydrogens (tertiary/aromatic N) is 2. The maximum Gasteiger partial charge on any atom is 0.144 e. The number of rotatable bonds is 3. The summed E-state index contributed by atoms with van der Waals surface area (Å²) >= 11 is 0. The summed E-state index contributed by atoms with van der Waals surface area (Å²) in [6.07, 6.45) is 3.22. The van der Waals surface area contributed by atoms with Crippen molar-refractivity contribution >= 4 is 5.82 Å². The number of hydrogen-bond donors (Lipinski definition) is 1. The Morgan fingerprint density at radius 1 is 1.42 bits per heavy atom. The van der Waals surface area contributed by atoms with Crippen molar-refractivity contribution in [2.24, 2.45) is 0 Å².